The highest BCUT2D eigenvalue weighted by atomic mass is 35.5. The molecule has 0 saturated carbocycles. The summed E-state index contributed by atoms with van der Waals surface area (Å²) in [7, 11) is -3.94. The van der Waals surface area contributed by atoms with Crippen molar-refractivity contribution in [2.75, 3.05) is 30.9 Å². The van der Waals surface area contributed by atoms with Gasteiger partial charge < -0.3 is 14.2 Å². The molecule has 0 atom stereocenters. The number of para-hydroxylation sites is 1. The lowest BCUT2D eigenvalue weighted by Gasteiger charge is -2.34. The van der Waals surface area contributed by atoms with Crippen molar-refractivity contribution >= 4 is 39.1 Å². The summed E-state index contributed by atoms with van der Waals surface area (Å²) < 4.78 is 33.2. The molecule has 1 aromatic heterocycles. The predicted molar refractivity (Wildman–Crippen MR) is 119 cm³/mol. The van der Waals surface area contributed by atoms with Gasteiger partial charge in [-0.25, -0.2) is 8.42 Å². The first-order valence-corrected chi connectivity index (χ1v) is 11.7. The van der Waals surface area contributed by atoms with Gasteiger partial charge in [0.05, 0.1) is 21.9 Å². The molecule has 0 spiro atoms. The molecule has 0 radical (unpaired) electrons. The van der Waals surface area contributed by atoms with Gasteiger partial charge in [-0.3, -0.25) is 14.3 Å². The Balaban J connectivity index is 1.45. The monoisotopic (exact) mass is 473 g/mol. The van der Waals surface area contributed by atoms with E-state index in [1.165, 1.54) is 24.5 Å². The highest BCUT2D eigenvalue weighted by Gasteiger charge is 2.27. The first-order chi connectivity index (χ1) is 15.3. The van der Waals surface area contributed by atoms with Crippen LogP contribution in [-0.4, -0.2) is 56.2 Å². The molecule has 4 rings (SSSR count). The Labute approximate surface area is 190 Å². The number of rotatable bonds is 5. The highest BCUT2D eigenvalue weighted by Crippen LogP contribution is 2.24. The zero-order valence-electron chi connectivity index (χ0n) is 16.9. The number of amides is 2. The van der Waals surface area contributed by atoms with Crippen molar-refractivity contribution in [3.63, 3.8) is 0 Å². The summed E-state index contributed by atoms with van der Waals surface area (Å²) in [4.78, 5) is 28.5. The number of anilines is 1. The third-order valence-electron chi connectivity index (χ3n) is 5.10. The Bertz CT molecular complexity index is 1240. The second-order valence-corrected chi connectivity index (χ2v) is 9.26. The van der Waals surface area contributed by atoms with Gasteiger partial charge in [-0.2, -0.15) is 0 Å². The third-order valence-corrected chi connectivity index (χ3v) is 6.79. The Morgan fingerprint density at radius 3 is 2.22 bits per heavy atom. The molecule has 0 bridgehead atoms. The van der Waals surface area contributed by atoms with Crippen molar-refractivity contribution in [1.29, 1.82) is 0 Å². The van der Waals surface area contributed by atoms with Gasteiger partial charge in [-0.15, -0.1) is 0 Å². The number of carbonyl (C=O) groups is 2. The minimum atomic E-state index is -3.94. The van der Waals surface area contributed by atoms with E-state index in [0.717, 1.165) is 0 Å². The number of nitrogens with zero attached hydrogens (tertiary/aromatic N) is 2. The number of halogens is 1. The maximum Gasteiger partial charge on any atom is 0.289 e. The zero-order chi connectivity index (χ0) is 22.7. The van der Waals surface area contributed by atoms with Crippen LogP contribution in [0.4, 0.5) is 5.69 Å². The van der Waals surface area contributed by atoms with E-state index in [0.29, 0.717) is 26.2 Å². The fourth-order valence-corrected chi connectivity index (χ4v) is 4.76. The van der Waals surface area contributed by atoms with Crippen molar-refractivity contribution in [2.45, 2.75) is 4.90 Å². The third kappa shape index (κ3) is 4.63. The molecule has 166 valence electrons. The first kappa shape index (κ1) is 21.9. The van der Waals surface area contributed by atoms with E-state index in [-0.39, 0.29) is 38.7 Å². The van der Waals surface area contributed by atoms with Gasteiger partial charge in [0.2, 0.25) is 0 Å². The largest absolute Gasteiger partial charge is 0.459 e. The molecule has 1 fully saturated rings. The number of hydrogen-bond donors (Lipinski definition) is 1. The maximum absolute atomic E-state index is 13.0. The molecule has 1 aliphatic rings. The normalized spacial score (nSPS) is 14.3. The molecule has 2 aromatic carbocycles. The minimum absolute atomic E-state index is 0.0464. The van der Waals surface area contributed by atoms with Gasteiger partial charge in [0.25, 0.3) is 21.8 Å². The standard InChI is InChI=1S/C22H20ClN3O5S/c23-18-7-1-2-8-19(18)24-32(29,30)17-6-3-5-16(15-17)21(27)25-10-12-26(13-11-25)22(28)20-9-4-14-31-20/h1-9,14-15,24H,10-13H2. The summed E-state index contributed by atoms with van der Waals surface area (Å²) in [6.45, 7) is 1.38. The smallest absolute Gasteiger partial charge is 0.289 e. The predicted octanol–water partition coefficient (Wildman–Crippen LogP) is 3.33. The Kier molecular flexibility index (Phi) is 6.20. The lowest BCUT2D eigenvalue weighted by Crippen LogP contribution is -2.50. The van der Waals surface area contributed by atoms with E-state index in [2.05, 4.69) is 4.72 Å². The van der Waals surface area contributed by atoms with Crippen LogP contribution in [0.5, 0.6) is 0 Å². The zero-order valence-corrected chi connectivity index (χ0v) is 18.5. The van der Waals surface area contributed by atoms with Crippen LogP contribution in [0.1, 0.15) is 20.9 Å². The number of carbonyl (C=O) groups excluding carboxylic acids is 2. The van der Waals surface area contributed by atoms with Gasteiger partial charge >= 0.3 is 0 Å². The molecule has 3 aromatic rings. The lowest BCUT2D eigenvalue weighted by atomic mass is 10.2. The SMILES string of the molecule is O=C(c1cccc(S(=O)(=O)Nc2ccccc2Cl)c1)N1CCN(C(=O)c2ccco2)CC1. The number of sulfonamides is 1. The molecule has 0 aliphatic carbocycles. The second-order valence-electron chi connectivity index (χ2n) is 7.17. The molecule has 8 nitrogen and oxygen atoms in total. The molecule has 32 heavy (non-hydrogen) atoms. The van der Waals surface area contributed by atoms with Gasteiger partial charge in [-0.1, -0.05) is 29.8 Å². The fourth-order valence-electron chi connectivity index (χ4n) is 3.40. The molecule has 1 saturated heterocycles. The van der Waals surface area contributed by atoms with E-state index in [9.17, 15) is 18.0 Å². The topological polar surface area (TPSA) is 99.9 Å². The van der Waals surface area contributed by atoms with Crippen molar-refractivity contribution < 1.29 is 22.4 Å². The molecule has 1 N–H and O–H groups in total. The minimum Gasteiger partial charge on any atom is -0.459 e. The van der Waals surface area contributed by atoms with E-state index in [4.69, 9.17) is 16.0 Å². The van der Waals surface area contributed by atoms with E-state index < -0.39 is 10.0 Å². The molecule has 2 amide bonds. The van der Waals surface area contributed by atoms with Crippen molar-refractivity contribution in [2.24, 2.45) is 0 Å². The van der Waals surface area contributed by atoms with Crippen molar-refractivity contribution in [1.82, 2.24) is 9.80 Å². The first-order valence-electron chi connectivity index (χ1n) is 9.84. The highest BCUT2D eigenvalue weighted by molar-refractivity contribution is 7.92. The number of nitrogens with one attached hydrogen (secondary N) is 1. The fraction of sp³-hybridized carbons (Fsp3) is 0.182. The summed E-state index contributed by atoms with van der Waals surface area (Å²) in [5.41, 5.74) is 0.501. The van der Waals surface area contributed by atoms with E-state index in [1.807, 2.05) is 0 Å². The Morgan fingerprint density at radius 1 is 0.875 bits per heavy atom. The summed E-state index contributed by atoms with van der Waals surface area (Å²) >= 11 is 6.05. The van der Waals surface area contributed by atoms with Gasteiger partial charge in [0, 0.05) is 31.7 Å². The summed E-state index contributed by atoms with van der Waals surface area (Å²) in [6, 6.07) is 15.6. The van der Waals surface area contributed by atoms with Crippen LogP contribution in [0.25, 0.3) is 0 Å². The van der Waals surface area contributed by atoms with Crippen molar-refractivity contribution in [3.05, 3.63) is 83.3 Å². The molecule has 0 unspecified atom stereocenters. The Hall–Kier alpha value is -3.30. The van der Waals surface area contributed by atoms with Crippen LogP contribution in [0.3, 0.4) is 0 Å². The molecule has 10 heteroatoms. The number of benzene rings is 2. The van der Waals surface area contributed by atoms with Gasteiger partial charge in [0.1, 0.15) is 0 Å². The number of furan rings is 1. The van der Waals surface area contributed by atoms with E-state index >= 15 is 0 Å². The molecular formula is C22H20ClN3O5S. The second kappa shape index (κ2) is 9.05. The number of hydrogen-bond acceptors (Lipinski definition) is 5. The Morgan fingerprint density at radius 2 is 1.56 bits per heavy atom. The average Bonchev–Trinajstić information content (AvgIpc) is 3.35. The maximum atomic E-state index is 13.0. The molecule has 2 heterocycles. The van der Waals surface area contributed by atoms with Crippen LogP contribution in [0, 0.1) is 0 Å². The number of piperazine rings is 1. The van der Waals surface area contributed by atoms with E-state index in [1.54, 1.807) is 52.3 Å². The van der Waals surface area contributed by atoms with Crippen molar-refractivity contribution in [3.8, 4) is 0 Å². The molecular weight excluding hydrogens is 454 g/mol. The van der Waals surface area contributed by atoms with Crippen LogP contribution >= 0.6 is 11.6 Å². The molecule has 1 aliphatic heterocycles. The summed E-state index contributed by atoms with van der Waals surface area (Å²) in [5, 5.41) is 0.269. The van der Waals surface area contributed by atoms with Gasteiger partial charge in [0.15, 0.2) is 5.76 Å². The van der Waals surface area contributed by atoms with Crippen LogP contribution in [0.15, 0.2) is 76.2 Å². The van der Waals surface area contributed by atoms with Crippen LogP contribution in [-0.2, 0) is 10.0 Å². The quantitative estimate of drug-likeness (QED) is 0.612. The summed E-state index contributed by atoms with van der Waals surface area (Å²) in [6.07, 6.45) is 1.44. The summed E-state index contributed by atoms with van der Waals surface area (Å²) in [5.74, 6) is -0.264. The van der Waals surface area contributed by atoms with Gasteiger partial charge in [-0.05, 0) is 42.5 Å². The van der Waals surface area contributed by atoms with Crippen LogP contribution < -0.4 is 4.72 Å². The lowest BCUT2D eigenvalue weighted by molar-refractivity contribution is 0.0518. The average molecular weight is 474 g/mol. The van der Waals surface area contributed by atoms with Crippen LogP contribution in [0.2, 0.25) is 5.02 Å².